The first kappa shape index (κ1) is 13.7. The second kappa shape index (κ2) is 6.99. The van der Waals surface area contributed by atoms with Crippen molar-refractivity contribution in [1.29, 1.82) is 0 Å². The SMILES string of the molecule is O=C(Nc1cccc(CCCBr)c1)c1ccnnc1. The largest absolute Gasteiger partial charge is 0.322 e. The highest BCUT2D eigenvalue weighted by Crippen LogP contribution is 2.13. The molecule has 0 aliphatic rings. The third-order valence-corrected chi connectivity index (χ3v) is 3.19. The Morgan fingerprint density at radius 1 is 1.26 bits per heavy atom. The number of nitrogens with zero attached hydrogens (tertiary/aromatic N) is 2. The minimum absolute atomic E-state index is 0.174. The van der Waals surface area contributed by atoms with Crippen molar-refractivity contribution in [3.8, 4) is 0 Å². The van der Waals surface area contributed by atoms with Crippen LogP contribution in [0.1, 0.15) is 22.3 Å². The van der Waals surface area contributed by atoms with Gasteiger partial charge in [-0.2, -0.15) is 10.2 Å². The Labute approximate surface area is 120 Å². The molecule has 0 spiro atoms. The molecule has 0 bridgehead atoms. The van der Waals surface area contributed by atoms with Crippen LogP contribution in [0.3, 0.4) is 0 Å². The van der Waals surface area contributed by atoms with Crippen LogP contribution in [0.2, 0.25) is 0 Å². The molecule has 2 aromatic rings. The molecule has 1 aromatic carbocycles. The van der Waals surface area contributed by atoms with E-state index in [-0.39, 0.29) is 5.91 Å². The number of amides is 1. The summed E-state index contributed by atoms with van der Waals surface area (Å²) in [6.07, 6.45) is 5.02. The summed E-state index contributed by atoms with van der Waals surface area (Å²) < 4.78 is 0. The third kappa shape index (κ3) is 4.13. The monoisotopic (exact) mass is 319 g/mol. The number of alkyl halides is 1. The zero-order valence-corrected chi connectivity index (χ0v) is 11.9. The van der Waals surface area contributed by atoms with Gasteiger partial charge in [0.15, 0.2) is 0 Å². The molecule has 0 aliphatic heterocycles. The molecule has 0 saturated carbocycles. The number of nitrogens with one attached hydrogen (secondary N) is 1. The predicted molar refractivity (Wildman–Crippen MR) is 78.5 cm³/mol. The molecule has 1 N–H and O–H groups in total. The highest BCUT2D eigenvalue weighted by molar-refractivity contribution is 9.09. The van der Waals surface area contributed by atoms with Crippen molar-refractivity contribution in [3.63, 3.8) is 0 Å². The van der Waals surface area contributed by atoms with Crippen molar-refractivity contribution in [2.75, 3.05) is 10.6 Å². The van der Waals surface area contributed by atoms with E-state index in [1.54, 1.807) is 6.07 Å². The molecule has 19 heavy (non-hydrogen) atoms. The van der Waals surface area contributed by atoms with Gasteiger partial charge in [0, 0.05) is 11.0 Å². The van der Waals surface area contributed by atoms with Crippen LogP contribution in [0, 0.1) is 0 Å². The molecule has 4 nitrogen and oxygen atoms in total. The smallest absolute Gasteiger partial charge is 0.257 e. The molecule has 0 radical (unpaired) electrons. The number of carbonyl (C=O) groups excluding carboxylic acids is 1. The van der Waals surface area contributed by atoms with E-state index in [4.69, 9.17) is 0 Å². The van der Waals surface area contributed by atoms with E-state index in [2.05, 4.69) is 37.5 Å². The molecule has 0 atom stereocenters. The maximum Gasteiger partial charge on any atom is 0.257 e. The lowest BCUT2D eigenvalue weighted by molar-refractivity contribution is 0.102. The summed E-state index contributed by atoms with van der Waals surface area (Å²) in [4.78, 5) is 12.0. The Morgan fingerprint density at radius 3 is 2.89 bits per heavy atom. The summed E-state index contributed by atoms with van der Waals surface area (Å²) >= 11 is 3.41. The van der Waals surface area contributed by atoms with Gasteiger partial charge in [-0.05, 0) is 36.6 Å². The van der Waals surface area contributed by atoms with Crippen LogP contribution >= 0.6 is 15.9 Å². The first-order valence-corrected chi connectivity index (χ1v) is 7.14. The normalized spacial score (nSPS) is 10.2. The summed E-state index contributed by atoms with van der Waals surface area (Å²) in [6, 6.07) is 9.52. The van der Waals surface area contributed by atoms with E-state index in [1.807, 2.05) is 18.2 Å². The van der Waals surface area contributed by atoms with Crippen molar-refractivity contribution in [2.24, 2.45) is 0 Å². The molecule has 1 amide bonds. The topological polar surface area (TPSA) is 54.9 Å². The highest BCUT2D eigenvalue weighted by Gasteiger charge is 2.06. The molecular weight excluding hydrogens is 306 g/mol. The lowest BCUT2D eigenvalue weighted by atomic mass is 10.1. The van der Waals surface area contributed by atoms with Crippen LogP contribution in [0.5, 0.6) is 0 Å². The maximum atomic E-state index is 12.0. The Morgan fingerprint density at radius 2 is 2.16 bits per heavy atom. The van der Waals surface area contributed by atoms with Gasteiger partial charge in [0.2, 0.25) is 0 Å². The second-order valence-electron chi connectivity index (χ2n) is 4.08. The molecule has 0 unspecified atom stereocenters. The van der Waals surface area contributed by atoms with Crippen LogP contribution in [-0.4, -0.2) is 21.4 Å². The minimum Gasteiger partial charge on any atom is -0.322 e. The highest BCUT2D eigenvalue weighted by atomic mass is 79.9. The van der Waals surface area contributed by atoms with E-state index >= 15 is 0 Å². The van der Waals surface area contributed by atoms with Crippen LogP contribution < -0.4 is 5.32 Å². The Bertz CT molecular complexity index is 545. The fraction of sp³-hybridized carbons (Fsp3) is 0.214. The van der Waals surface area contributed by atoms with E-state index in [0.29, 0.717) is 5.56 Å². The number of carbonyl (C=O) groups is 1. The van der Waals surface area contributed by atoms with E-state index < -0.39 is 0 Å². The Kier molecular flexibility index (Phi) is 5.03. The number of benzene rings is 1. The van der Waals surface area contributed by atoms with Gasteiger partial charge >= 0.3 is 0 Å². The van der Waals surface area contributed by atoms with E-state index in [0.717, 1.165) is 23.9 Å². The number of hydrogen-bond acceptors (Lipinski definition) is 3. The number of halogens is 1. The van der Waals surface area contributed by atoms with Gasteiger partial charge in [0.25, 0.3) is 5.91 Å². The summed E-state index contributed by atoms with van der Waals surface area (Å²) in [6.45, 7) is 0. The molecule has 0 saturated heterocycles. The minimum atomic E-state index is -0.174. The molecule has 2 rings (SSSR count). The summed E-state index contributed by atoms with van der Waals surface area (Å²) in [5.74, 6) is -0.174. The number of anilines is 1. The van der Waals surface area contributed by atoms with Crippen molar-refractivity contribution in [2.45, 2.75) is 12.8 Å². The quantitative estimate of drug-likeness (QED) is 0.862. The van der Waals surface area contributed by atoms with E-state index in [9.17, 15) is 4.79 Å². The number of aryl methyl sites for hydroxylation is 1. The Hall–Kier alpha value is -1.75. The number of aromatic nitrogens is 2. The molecule has 5 heteroatoms. The van der Waals surface area contributed by atoms with Crippen LogP contribution in [0.4, 0.5) is 5.69 Å². The first-order valence-electron chi connectivity index (χ1n) is 6.02. The van der Waals surface area contributed by atoms with Gasteiger partial charge in [0.05, 0.1) is 18.0 Å². The number of hydrogen-bond donors (Lipinski definition) is 1. The fourth-order valence-corrected chi connectivity index (χ4v) is 1.98. The molecular formula is C14H14BrN3O. The fourth-order valence-electron chi connectivity index (χ4n) is 1.70. The van der Waals surface area contributed by atoms with Gasteiger partial charge in [-0.3, -0.25) is 4.79 Å². The zero-order chi connectivity index (χ0) is 13.5. The van der Waals surface area contributed by atoms with Crippen molar-refractivity contribution in [3.05, 3.63) is 53.9 Å². The zero-order valence-electron chi connectivity index (χ0n) is 10.3. The predicted octanol–water partition coefficient (Wildman–Crippen LogP) is 3.06. The summed E-state index contributed by atoms with van der Waals surface area (Å²) in [5.41, 5.74) is 2.51. The van der Waals surface area contributed by atoms with Gasteiger partial charge in [-0.25, -0.2) is 0 Å². The van der Waals surface area contributed by atoms with Gasteiger partial charge in [-0.1, -0.05) is 28.1 Å². The second-order valence-corrected chi connectivity index (χ2v) is 4.87. The first-order chi connectivity index (χ1) is 9.29. The van der Waals surface area contributed by atoms with Crippen LogP contribution in [0.15, 0.2) is 42.7 Å². The van der Waals surface area contributed by atoms with Gasteiger partial charge in [-0.15, -0.1) is 0 Å². The number of rotatable bonds is 5. The standard InChI is InChI=1S/C14H14BrN3O/c15-7-2-4-11-3-1-5-13(9-11)18-14(19)12-6-8-16-17-10-12/h1,3,5-6,8-10H,2,4,7H2,(H,18,19). The molecule has 0 fully saturated rings. The lowest BCUT2D eigenvalue weighted by Gasteiger charge is -2.07. The van der Waals surface area contributed by atoms with Crippen molar-refractivity contribution in [1.82, 2.24) is 10.2 Å². The Balaban J connectivity index is 2.05. The average Bonchev–Trinajstić information content (AvgIpc) is 2.46. The lowest BCUT2D eigenvalue weighted by Crippen LogP contribution is -2.12. The average molecular weight is 320 g/mol. The third-order valence-electron chi connectivity index (χ3n) is 2.63. The van der Waals surface area contributed by atoms with Crippen LogP contribution in [0.25, 0.3) is 0 Å². The van der Waals surface area contributed by atoms with E-state index in [1.165, 1.54) is 18.0 Å². The van der Waals surface area contributed by atoms with Gasteiger partial charge < -0.3 is 5.32 Å². The molecule has 0 aliphatic carbocycles. The van der Waals surface area contributed by atoms with Crippen molar-refractivity contribution >= 4 is 27.5 Å². The van der Waals surface area contributed by atoms with Crippen LogP contribution in [-0.2, 0) is 6.42 Å². The molecule has 1 heterocycles. The van der Waals surface area contributed by atoms with Crippen molar-refractivity contribution < 1.29 is 4.79 Å². The summed E-state index contributed by atoms with van der Waals surface area (Å²) in [5, 5.41) is 11.2. The van der Waals surface area contributed by atoms with Gasteiger partial charge in [0.1, 0.15) is 0 Å². The maximum absolute atomic E-state index is 12.0. The molecule has 1 aromatic heterocycles. The summed E-state index contributed by atoms with van der Waals surface area (Å²) in [7, 11) is 0. The molecule has 98 valence electrons.